The van der Waals surface area contributed by atoms with Crippen molar-refractivity contribution in [1.82, 2.24) is 10.6 Å². The molecule has 0 saturated heterocycles. The number of hydrogen-bond donors (Lipinski definition) is 3. The molecule has 3 N–H and O–H groups in total. The first-order chi connectivity index (χ1) is 5.92. The number of carbonyl (C=O) groups excluding carboxylic acids is 1. The number of aliphatic hydroxyl groups is 1. The summed E-state index contributed by atoms with van der Waals surface area (Å²) >= 11 is 0. The summed E-state index contributed by atoms with van der Waals surface area (Å²) in [6.45, 7) is 5.26. The monoisotopic (exact) mass is 186 g/mol. The Balaban J connectivity index is 2.32. The maximum atomic E-state index is 11.3. The van der Waals surface area contributed by atoms with Crippen molar-refractivity contribution in [3.05, 3.63) is 0 Å². The molecule has 1 aliphatic rings. The summed E-state index contributed by atoms with van der Waals surface area (Å²) in [6, 6.07) is 0.165. The van der Waals surface area contributed by atoms with Crippen molar-refractivity contribution in [3.63, 3.8) is 0 Å². The van der Waals surface area contributed by atoms with Crippen LogP contribution in [0.15, 0.2) is 0 Å². The minimum absolute atomic E-state index is 0.187. The zero-order valence-corrected chi connectivity index (χ0v) is 8.42. The molecule has 4 nitrogen and oxygen atoms in total. The van der Waals surface area contributed by atoms with Crippen LogP contribution in [0.3, 0.4) is 0 Å². The third-order valence-electron chi connectivity index (χ3n) is 2.39. The summed E-state index contributed by atoms with van der Waals surface area (Å²) in [4.78, 5) is 11.3. The van der Waals surface area contributed by atoms with Crippen molar-refractivity contribution in [2.24, 2.45) is 0 Å². The summed E-state index contributed by atoms with van der Waals surface area (Å²) in [6.07, 6.45) is 1.59. The second-order valence-electron chi connectivity index (χ2n) is 4.27. The van der Waals surface area contributed by atoms with Gasteiger partial charge in [-0.2, -0.15) is 0 Å². The number of aliphatic hydroxyl groups excluding tert-OH is 1. The van der Waals surface area contributed by atoms with Crippen molar-refractivity contribution >= 4 is 6.03 Å². The van der Waals surface area contributed by atoms with Crippen molar-refractivity contribution in [2.45, 2.75) is 51.3 Å². The van der Waals surface area contributed by atoms with Crippen molar-refractivity contribution in [1.29, 1.82) is 0 Å². The average Bonchev–Trinajstić information content (AvgIpc) is 2.69. The quantitative estimate of drug-likeness (QED) is 0.604. The predicted molar refractivity (Wildman–Crippen MR) is 50.4 cm³/mol. The molecule has 0 aromatic rings. The molecule has 1 atom stereocenters. The Bertz CT molecular complexity index is 198. The van der Waals surface area contributed by atoms with Gasteiger partial charge in [0.25, 0.3) is 0 Å². The fourth-order valence-electron chi connectivity index (χ4n) is 0.846. The molecule has 0 bridgehead atoms. The number of carbonyl (C=O) groups is 1. The van der Waals surface area contributed by atoms with E-state index in [0.717, 1.165) is 12.8 Å². The van der Waals surface area contributed by atoms with Gasteiger partial charge in [0.1, 0.15) is 0 Å². The molecule has 13 heavy (non-hydrogen) atoms. The maximum Gasteiger partial charge on any atom is 0.315 e. The molecule has 76 valence electrons. The first kappa shape index (κ1) is 10.3. The molecule has 1 unspecified atom stereocenters. The third kappa shape index (κ3) is 3.22. The van der Waals surface area contributed by atoms with Gasteiger partial charge >= 0.3 is 6.03 Å². The Labute approximate surface area is 78.7 Å². The molecule has 1 aliphatic carbocycles. The molecule has 0 aromatic carbocycles. The lowest BCUT2D eigenvalue weighted by Crippen LogP contribution is -2.54. The van der Waals surface area contributed by atoms with Crippen LogP contribution in [0.2, 0.25) is 0 Å². The molecule has 1 saturated carbocycles. The minimum Gasteiger partial charge on any atom is -0.391 e. The van der Waals surface area contributed by atoms with E-state index in [-0.39, 0.29) is 6.03 Å². The SMILES string of the molecule is CC(O)C(C)(C)NC(=O)NC1CC1. The lowest BCUT2D eigenvalue weighted by atomic mass is 9.99. The number of nitrogens with one attached hydrogen (secondary N) is 2. The molecule has 4 heteroatoms. The highest BCUT2D eigenvalue weighted by Gasteiger charge is 2.29. The zero-order valence-electron chi connectivity index (χ0n) is 8.42. The van der Waals surface area contributed by atoms with Gasteiger partial charge in [-0.25, -0.2) is 4.79 Å². The summed E-state index contributed by atoms with van der Waals surface area (Å²) in [7, 11) is 0. The third-order valence-corrected chi connectivity index (χ3v) is 2.39. The Kier molecular flexibility index (Phi) is 2.81. The molecule has 1 rings (SSSR count). The summed E-state index contributed by atoms with van der Waals surface area (Å²) in [5.74, 6) is 0. The van der Waals surface area contributed by atoms with Gasteiger partial charge in [0.2, 0.25) is 0 Å². The van der Waals surface area contributed by atoms with Crippen LogP contribution in [0.5, 0.6) is 0 Å². The lowest BCUT2D eigenvalue weighted by Gasteiger charge is -2.29. The van der Waals surface area contributed by atoms with Crippen molar-refractivity contribution in [2.75, 3.05) is 0 Å². The smallest absolute Gasteiger partial charge is 0.315 e. The minimum atomic E-state index is -0.570. The number of hydrogen-bond acceptors (Lipinski definition) is 2. The van der Waals surface area contributed by atoms with E-state index in [1.807, 2.05) is 0 Å². The summed E-state index contributed by atoms with van der Waals surface area (Å²) < 4.78 is 0. The lowest BCUT2D eigenvalue weighted by molar-refractivity contribution is 0.101. The molecule has 0 heterocycles. The van der Waals surface area contributed by atoms with E-state index in [9.17, 15) is 9.90 Å². The van der Waals surface area contributed by atoms with Crippen LogP contribution in [-0.2, 0) is 0 Å². The van der Waals surface area contributed by atoms with Gasteiger partial charge in [-0.3, -0.25) is 0 Å². The first-order valence-electron chi connectivity index (χ1n) is 4.68. The van der Waals surface area contributed by atoms with E-state index >= 15 is 0 Å². The highest BCUT2D eigenvalue weighted by atomic mass is 16.3. The van der Waals surface area contributed by atoms with Crippen LogP contribution in [0, 0.1) is 0 Å². The Hall–Kier alpha value is -0.770. The van der Waals surface area contributed by atoms with E-state index in [4.69, 9.17) is 0 Å². The molecular weight excluding hydrogens is 168 g/mol. The highest BCUT2D eigenvalue weighted by molar-refractivity contribution is 5.75. The number of rotatable bonds is 3. The van der Waals surface area contributed by atoms with Gasteiger partial charge in [-0.1, -0.05) is 0 Å². The Morgan fingerprint density at radius 3 is 2.46 bits per heavy atom. The first-order valence-corrected chi connectivity index (χ1v) is 4.68. The average molecular weight is 186 g/mol. The van der Waals surface area contributed by atoms with Crippen molar-refractivity contribution < 1.29 is 9.90 Å². The van der Waals surface area contributed by atoms with Gasteiger partial charge in [-0.05, 0) is 33.6 Å². The van der Waals surface area contributed by atoms with Crippen LogP contribution < -0.4 is 10.6 Å². The van der Waals surface area contributed by atoms with Gasteiger partial charge < -0.3 is 15.7 Å². The summed E-state index contributed by atoms with van der Waals surface area (Å²) in [5, 5.41) is 14.9. The molecule has 1 fully saturated rings. The van der Waals surface area contributed by atoms with E-state index in [2.05, 4.69) is 10.6 Å². The molecule has 0 aliphatic heterocycles. The highest BCUT2D eigenvalue weighted by Crippen LogP contribution is 2.18. The Morgan fingerprint density at radius 1 is 1.54 bits per heavy atom. The van der Waals surface area contributed by atoms with Crippen LogP contribution in [0.25, 0.3) is 0 Å². The maximum absolute atomic E-state index is 11.3. The Morgan fingerprint density at radius 2 is 2.08 bits per heavy atom. The number of amides is 2. The second-order valence-corrected chi connectivity index (χ2v) is 4.27. The fourth-order valence-corrected chi connectivity index (χ4v) is 0.846. The largest absolute Gasteiger partial charge is 0.391 e. The zero-order chi connectivity index (χ0) is 10.1. The van der Waals surface area contributed by atoms with Crippen LogP contribution >= 0.6 is 0 Å². The molecule has 0 spiro atoms. The van der Waals surface area contributed by atoms with Gasteiger partial charge in [0.05, 0.1) is 11.6 Å². The topological polar surface area (TPSA) is 61.4 Å². The van der Waals surface area contributed by atoms with E-state index in [0.29, 0.717) is 6.04 Å². The molecular formula is C9H18N2O2. The van der Waals surface area contributed by atoms with E-state index < -0.39 is 11.6 Å². The molecule has 0 aromatic heterocycles. The van der Waals surface area contributed by atoms with Gasteiger partial charge in [0.15, 0.2) is 0 Å². The normalized spacial score (nSPS) is 19.4. The van der Waals surface area contributed by atoms with Crippen molar-refractivity contribution in [3.8, 4) is 0 Å². The van der Waals surface area contributed by atoms with Gasteiger partial charge in [0, 0.05) is 6.04 Å². The number of urea groups is 1. The van der Waals surface area contributed by atoms with Crippen LogP contribution in [-0.4, -0.2) is 28.8 Å². The fraction of sp³-hybridized carbons (Fsp3) is 0.889. The van der Waals surface area contributed by atoms with Crippen LogP contribution in [0.4, 0.5) is 4.79 Å². The van der Waals surface area contributed by atoms with Crippen LogP contribution in [0.1, 0.15) is 33.6 Å². The van der Waals surface area contributed by atoms with Gasteiger partial charge in [-0.15, -0.1) is 0 Å². The standard InChI is InChI=1S/C9H18N2O2/c1-6(12)9(2,3)11-8(13)10-7-4-5-7/h6-7,12H,4-5H2,1-3H3,(H2,10,11,13). The van der Waals surface area contributed by atoms with E-state index in [1.165, 1.54) is 0 Å². The molecule has 2 amide bonds. The molecule has 0 radical (unpaired) electrons. The van der Waals surface area contributed by atoms with E-state index in [1.54, 1.807) is 20.8 Å². The summed E-state index contributed by atoms with van der Waals surface area (Å²) in [5.41, 5.74) is -0.570. The second kappa shape index (κ2) is 3.54. The predicted octanol–water partition coefficient (Wildman–Crippen LogP) is 0.607.